The fourth-order valence-electron chi connectivity index (χ4n) is 3.74. The summed E-state index contributed by atoms with van der Waals surface area (Å²) in [6, 6.07) is 6.35. The van der Waals surface area contributed by atoms with Crippen LogP contribution in [-0.2, 0) is 19.6 Å². The number of anilines is 2. The van der Waals surface area contributed by atoms with Crippen LogP contribution in [0, 0.1) is 0 Å². The second kappa shape index (κ2) is 10.0. The van der Waals surface area contributed by atoms with Gasteiger partial charge in [-0.2, -0.15) is 4.31 Å². The van der Waals surface area contributed by atoms with Crippen molar-refractivity contribution in [3.8, 4) is 0 Å². The maximum absolute atomic E-state index is 12.7. The van der Waals surface area contributed by atoms with Gasteiger partial charge in [0.25, 0.3) is 0 Å². The molecule has 0 radical (unpaired) electrons. The van der Waals surface area contributed by atoms with E-state index in [1.165, 1.54) is 16.4 Å². The monoisotopic (exact) mass is 465 g/mol. The molecular formula is C20H27N5O4S2. The van der Waals surface area contributed by atoms with Gasteiger partial charge in [-0.1, -0.05) is 0 Å². The average Bonchev–Trinajstić information content (AvgIpc) is 3.22. The van der Waals surface area contributed by atoms with E-state index in [0.29, 0.717) is 38.5 Å². The lowest BCUT2D eigenvalue weighted by Crippen LogP contribution is -2.40. The average molecular weight is 466 g/mol. The van der Waals surface area contributed by atoms with Crippen molar-refractivity contribution in [1.29, 1.82) is 0 Å². The fraction of sp³-hybridized carbons (Fsp3) is 0.500. The highest BCUT2D eigenvalue weighted by Gasteiger charge is 2.26. The molecule has 2 aromatic rings. The van der Waals surface area contributed by atoms with E-state index >= 15 is 0 Å². The summed E-state index contributed by atoms with van der Waals surface area (Å²) >= 11 is 1.63. The largest absolute Gasteiger partial charge is 0.379 e. The zero-order valence-electron chi connectivity index (χ0n) is 17.3. The zero-order valence-corrected chi connectivity index (χ0v) is 18.9. The number of benzene rings is 1. The van der Waals surface area contributed by atoms with Gasteiger partial charge in [-0.25, -0.2) is 13.4 Å². The maximum Gasteiger partial charge on any atom is 0.243 e. The van der Waals surface area contributed by atoms with Crippen LogP contribution in [0.2, 0.25) is 0 Å². The molecule has 2 aliphatic rings. The molecule has 0 bridgehead atoms. The number of carbonyl (C=O) groups is 1. The Bertz CT molecular complexity index is 960. The molecule has 2 fully saturated rings. The molecule has 3 heterocycles. The van der Waals surface area contributed by atoms with Crippen molar-refractivity contribution >= 4 is 38.1 Å². The first-order valence-corrected chi connectivity index (χ1v) is 12.7. The van der Waals surface area contributed by atoms with Crippen LogP contribution >= 0.6 is 11.3 Å². The van der Waals surface area contributed by atoms with Gasteiger partial charge in [0.05, 0.1) is 24.7 Å². The van der Waals surface area contributed by atoms with Crippen molar-refractivity contribution in [2.24, 2.45) is 0 Å². The van der Waals surface area contributed by atoms with Crippen molar-refractivity contribution in [1.82, 2.24) is 14.2 Å². The number of rotatable bonds is 6. The van der Waals surface area contributed by atoms with Crippen LogP contribution in [0.3, 0.4) is 0 Å². The number of morpholine rings is 1. The normalized spacial score (nSPS) is 19.2. The van der Waals surface area contributed by atoms with E-state index in [1.807, 2.05) is 11.6 Å². The van der Waals surface area contributed by atoms with Gasteiger partial charge in [-0.15, -0.1) is 11.3 Å². The number of thiazole rings is 1. The molecular weight excluding hydrogens is 438 g/mol. The first kappa shape index (κ1) is 22.2. The van der Waals surface area contributed by atoms with Gasteiger partial charge < -0.3 is 15.0 Å². The van der Waals surface area contributed by atoms with Crippen LogP contribution in [-0.4, -0.2) is 87.5 Å². The molecule has 0 saturated carbocycles. The third kappa shape index (κ3) is 5.60. The molecule has 1 amide bonds. The van der Waals surface area contributed by atoms with Crippen LogP contribution in [0.4, 0.5) is 10.8 Å². The summed E-state index contributed by atoms with van der Waals surface area (Å²) in [5.74, 6) is -0.105. The minimum Gasteiger partial charge on any atom is -0.379 e. The van der Waals surface area contributed by atoms with Gasteiger partial charge in [-0.05, 0) is 30.7 Å². The molecule has 9 nitrogen and oxygen atoms in total. The molecule has 2 aliphatic heterocycles. The van der Waals surface area contributed by atoms with Crippen molar-refractivity contribution in [2.45, 2.75) is 11.3 Å². The molecule has 0 aliphatic carbocycles. The number of carbonyl (C=O) groups excluding carboxylic acids is 1. The number of hydrogen-bond donors (Lipinski definition) is 1. The zero-order chi connectivity index (χ0) is 21.7. The molecule has 0 unspecified atom stereocenters. The Hall–Kier alpha value is -2.05. The number of nitrogens with one attached hydrogen (secondary N) is 1. The summed E-state index contributed by atoms with van der Waals surface area (Å²) in [5.41, 5.74) is 0.588. The third-order valence-electron chi connectivity index (χ3n) is 5.39. The Morgan fingerprint density at radius 2 is 1.84 bits per heavy atom. The molecule has 1 N–H and O–H groups in total. The molecule has 0 spiro atoms. The number of amides is 1. The summed E-state index contributed by atoms with van der Waals surface area (Å²) in [4.78, 5) is 21.5. The van der Waals surface area contributed by atoms with E-state index in [4.69, 9.17) is 4.74 Å². The second-order valence-electron chi connectivity index (χ2n) is 7.52. The molecule has 31 heavy (non-hydrogen) atoms. The summed E-state index contributed by atoms with van der Waals surface area (Å²) in [6.07, 6.45) is 2.79. The topological polar surface area (TPSA) is 95.1 Å². The molecule has 1 aromatic heterocycles. The van der Waals surface area contributed by atoms with Crippen LogP contribution in [0.25, 0.3) is 0 Å². The number of hydrogen-bond acceptors (Lipinski definition) is 8. The minimum atomic E-state index is -3.53. The Morgan fingerprint density at radius 3 is 2.55 bits per heavy atom. The van der Waals surface area contributed by atoms with Crippen molar-refractivity contribution in [3.63, 3.8) is 0 Å². The fourth-order valence-corrected chi connectivity index (χ4v) is 5.85. The van der Waals surface area contributed by atoms with Crippen LogP contribution in [0.5, 0.6) is 0 Å². The van der Waals surface area contributed by atoms with E-state index in [2.05, 4.69) is 20.1 Å². The number of nitrogens with zero attached hydrogens (tertiary/aromatic N) is 4. The highest BCUT2D eigenvalue weighted by Crippen LogP contribution is 2.20. The number of ether oxygens (including phenoxy) is 1. The predicted octanol–water partition coefficient (Wildman–Crippen LogP) is 1.31. The smallest absolute Gasteiger partial charge is 0.243 e. The van der Waals surface area contributed by atoms with Crippen LogP contribution in [0.1, 0.15) is 6.42 Å². The second-order valence-corrected chi connectivity index (χ2v) is 10.3. The molecule has 4 rings (SSSR count). The predicted molar refractivity (Wildman–Crippen MR) is 120 cm³/mol. The highest BCUT2D eigenvalue weighted by atomic mass is 32.2. The minimum absolute atomic E-state index is 0.105. The van der Waals surface area contributed by atoms with Gasteiger partial charge in [0.2, 0.25) is 15.9 Å². The number of sulfonamides is 1. The van der Waals surface area contributed by atoms with Gasteiger partial charge in [-0.3, -0.25) is 9.69 Å². The van der Waals surface area contributed by atoms with Crippen LogP contribution < -0.4 is 10.2 Å². The van der Waals surface area contributed by atoms with Crippen molar-refractivity contribution in [3.05, 3.63) is 35.8 Å². The Balaban J connectivity index is 1.29. The van der Waals surface area contributed by atoms with E-state index in [-0.39, 0.29) is 10.8 Å². The Labute approximate surface area is 186 Å². The van der Waals surface area contributed by atoms with E-state index < -0.39 is 10.0 Å². The quantitative estimate of drug-likeness (QED) is 0.687. The molecule has 2 saturated heterocycles. The van der Waals surface area contributed by atoms with E-state index in [9.17, 15) is 13.2 Å². The highest BCUT2D eigenvalue weighted by molar-refractivity contribution is 7.89. The summed E-state index contributed by atoms with van der Waals surface area (Å²) in [5, 5.41) is 5.88. The summed E-state index contributed by atoms with van der Waals surface area (Å²) < 4.78 is 32.0. The molecule has 0 atom stereocenters. The van der Waals surface area contributed by atoms with Crippen molar-refractivity contribution in [2.75, 3.05) is 69.2 Å². The lowest BCUT2D eigenvalue weighted by molar-refractivity contribution is -0.117. The Kier molecular flexibility index (Phi) is 7.18. The lowest BCUT2D eigenvalue weighted by Gasteiger charge is -2.26. The Morgan fingerprint density at radius 1 is 1.06 bits per heavy atom. The SMILES string of the molecule is O=C(CN1CCCN(c2nccs2)CC1)Nc1ccc(S(=O)(=O)N2CCOCC2)cc1. The van der Waals surface area contributed by atoms with Gasteiger partial charge in [0, 0.05) is 56.5 Å². The van der Waals surface area contributed by atoms with Gasteiger partial charge >= 0.3 is 0 Å². The molecule has 11 heteroatoms. The standard InChI is InChI=1S/C20H27N5O4S2/c26-19(16-23-7-1-8-24(10-9-23)20-21-6-15-30-20)22-17-2-4-18(5-3-17)31(27,28)25-11-13-29-14-12-25/h2-6,15H,1,7-14,16H2,(H,22,26). The maximum atomic E-state index is 12.7. The molecule has 1 aromatic carbocycles. The lowest BCUT2D eigenvalue weighted by atomic mass is 10.3. The summed E-state index contributed by atoms with van der Waals surface area (Å²) in [6.45, 7) is 5.26. The summed E-state index contributed by atoms with van der Waals surface area (Å²) in [7, 11) is -3.53. The van der Waals surface area contributed by atoms with Gasteiger partial charge in [0.1, 0.15) is 0 Å². The van der Waals surface area contributed by atoms with E-state index in [1.54, 1.807) is 23.5 Å². The van der Waals surface area contributed by atoms with E-state index in [0.717, 1.165) is 37.7 Å². The third-order valence-corrected chi connectivity index (χ3v) is 8.14. The van der Waals surface area contributed by atoms with Gasteiger partial charge in [0.15, 0.2) is 5.13 Å². The first-order valence-electron chi connectivity index (χ1n) is 10.4. The number of aromatic nitrogens is 1. The van der Waals surface area contributed by atoms with Crippen LogP contribution in [0.15, 0.2) is 40.7 Å². The molecule has 168 valence electrons. The first-order chi connectivity index (χ1) is 15.0. The van der Waals surface area contributed by atoms with Crippen molar-refractivity contribution < 1.29 is 17.9 Å².